The average molecular weight is 575 g/mol. The van der Waals surface area contributed by atoms with E-state index in [1.54, 1.807) is 18.2 Å². The van der Waals surface area contributed by atoms with Gasteiger partial charge in [0.1, 0.15) is 28.5 Å². The number of nitrogens with one attached hydrogen (secondary N) is 2. The van der Waals surface area contributed by atoms with Crippen molar-refractivity contribution >= 4 is 55.8 Å². The molecule has 4 rings (SSSR count). The lowest BCUT2D eigenvalue weighted by Crippen LogP contribution is -2.20. The summed E-state index contributed by atoms with van der Waals surface area (Å²) < 4.78 is 6.19. The molecule has 1 aliphatic carbocycles. The molecule has 2 N–H and O–H groups in total. The summed E-state index contributed by atoms with van der Waals surface area (Å²) in [5, 5.41) is 25.2. The van der Waals surface area contributed by atoms with Crippen LogP contribution in [0.25, 0.3) is 6.08 Å². The lowest BCUT2D eigenvalue weighted by molar-refractivity contribution is -0.118. The van der Waals surface area contributed by atoms with Crippen LogP contribution in [0.2, 0.25) is 0 Å². The molecule has 9 heteroatoms. The molecule has 0 radical (unpaired) electrons. The van der Waals surface area contributed by atoms with Gasteiger partial charge >= 0.3 is 0 Å². The smallest absolute Gasteiger partial charge is 0.266 e. The number of anilines is 2. The van der Waals surface area contributed by atoms with Gasteiger partial charge in [-0.3, -0.25) is 9.59 Å². The van der Waals surface area contributed by atoms with Gasteiger partial charge in [-0.15, -0.1) is 11.3 Å². The van der Waals surface area contributed by atoms with Crippen molar-refractivity contribution in [2.75, 3.05) is 17.2 Å². The van der Waals surface area contributed by atoms with Gasteiger partial charge in [0.2, 0.25) is 0 Å². The molecule has 3 aromatic rings. The number of nitrogens with zero attached hydrogens (tertiary/aromatic N) is 2. The van der Waals surface area contributed by atoms with Crippen molar-refractivity contribution in [2.45, 2.75) is 32.6 Å². The molecule has 37 heavy (non-hydrogen) atoms. The highest BCUT2D eigenvalue weighted by molar-refractivity contribution is 9.10. The van der Waals surface area contributed by atoms with Gasteiger partial charge < -0.3 is 15.4 Å². The second-order valence-corrected chi connectivity index (χ2v) is 10.5. The number of amides is 2. The highest BCUT2D eigenvalue weighted by Gasteiger charge is 2.22. The third-order valence-electron chi connectivity index (χ3n) is 5.84. The van der Waals surface area contributed by atoms with Crippen LogP contribution in [0.5, 0.6) is 5.75 Å². The van der Waals surface area contributed by atoms with Gasteiger partial charge in [-0.25, -0.2) is 0 Å². The van der Waals surface area contributed by atoms with E-state index in [9.17, 15) is 20.1 Å². The number of ether oxygens (including phenoxy) is 1. The van der Waals surface area contributed by atoms with Crippen LogP contribution in [0.1, 0.15) is 40.0 Å². The molecule has 0 aliphatic heterocycles. The highest BCUT2D eigenvalue weighted by atomic mass is 79.9. The molecule has 186 valence electrons. The van der Waals surface area contributed by atoms with Crippen LogP contribution in [0.3, 0.4) is 0 Å². The van der Waals surface area contributed by atoms with Crippen LogP contribution in [-0.2, 0) is 22.4 Å². The van der Waals surface area contributed by atoms with Crippen LogP contribution in [0.4, 0.5) is 10.7 Å². The van der Waals surface area contributed by atoms with Crippen molar-refractivity contribution < 1.29 is 14.3 Å². The maximum absolute atomic E-state index is 12.8. The Kier molecular flexibility index (Phi) is 8.39. The summed E-state index contributed by atoms with van der Waals surface area (Å²) in [4.78, 5) is 26.2. The second-order valence-electron chi connectivity index (χ2n) is 8.54. The lowest BCUT2D eigenvalue weighted by atomic mass is 9.96. The minimum Gasteiger partial charge on any atom is -0.483 e. The first-order valence-corrected chi connectivity index (χ1v) is 13.3. The quantitative estimate of drug-likeness (QED) is 0.260. The third-order valence-corrected chi connectivity index (χ3v) is 7.66. The summed E-state index contributed by atoms with van der Waals surface area (Å²) in [6.45, 7) is 1.79. The van der Waals surface area contributed by atoms with Gasteiger partial charge in [0.05, 0.1) is 10.0 Å². The van der Waals surface area contributed by atoms with Gasteiger partial charge in [0, 0.05) is 10.6 Å². The summed E-state index contributed by atoms with van der Waals surface area (Å²) >= 11 is 4.84. The second kappa shape index (κ2) is 11.9. The van der Waals surface area contributed by atoms with Crippen molar-refractivity contribution in [1.82, 2.24) is 0 Å². The summed E-state index contributed by atoms with van der Waals surface area (Å²) in [5.41, 5.74) is 3.81. The number of nitriles is 2. The van der Waals surface area contributed by atoms with Crippen LogP contribution in [0.15, 0.2) is 52.5 Å². The van der Waals surface area contributed by atoms with Crippen LogP contribution < -0.4 is 15.4 Å². The molecule has 0 spiro atoms. The molecule has 2 aromatic carbocycles. The largest absolute Gasteiger partial charge is 0.483 e. The number of benzene rings is 2. The number of hydrogen-bond acceptors (Lipinski definition) is 6. The zero-order chi connectivity index (χ0) is 26.4. The van der Waals surface area contributed by atoms with Crippen LogP contribution in [-0.4, -0.2) is 18.4 Å². The number of thiophene rings is 1. The molecule has 0 fully saturated rings. The number of carbonyl (C=O) groups is 2. The first-order chi connectivity index (χ1) is 17.9. The Balaban J connectivity index is 1.41. The summed E-state index contributed by atoms with van der Waals surface area (Å²) in [6.07, 6.45) is 5.30. The van der Waals surface area contributed by atoms with E-state index < -0.39 is 5.91 Å². The zero-order valence-electron chi connectivity index (χ0n) is 20.1. The molecule has 7 nitrogen and oxygen atoms in total. The maximum Gasteiger partial charge on any atom is 0.266 e. The SMILES string of the molecule is Cc1ccc(NC(=O)COc2ccc(/C=C(\C#N)C(=O)Nc3sc4c(c3C#N)CCCC4)cc2Br)cc1. The molecule has 0 saturated carbocycles. The van der Waals surface area contributed by atoms with E-state index in [1.165, 1.54) is 17.4 Å². The highest BCUT2D eigenvalue weighted by Crippen LogP contribution is 2.38. The number of halogens is 1. The van der Waals surface area contributed by atoms with Gasteiger partial charge in [0.25, 0.3) is 11.8 Å². The summed E-state index contributed by atoms with van der Waals surface area (Å²) in [6, 6.07) is 16.6. The summed E-state index contributed by atoms with van der Waals surface area (Å²) in [7, 11) is 0. The maximum atomic E-state index is 12.8. The Hall–Kier alpha value is -3.92. The molecule has 0 atom stereocenters. The van der Waals surface area contributed by atoms with Gasteiger partial charge in [-0.2, -0.15) is 10.5 Å². The molecule has 0 unspecified atom stereocenters. The fourth-order valence-electron chi connectivity index (χ4n) is 3.96. The topological polar surface area (TPSA) is 115 Å². The molecule has 1 heterocycles. The first-order valence-electron chi connectivity index (χ1n) is 11.6. The average Bonchev–Trinajstić information content (AvgIpc) is 3.24. The zero-order valence-corrected chi connectivity index (χ0v) is 22.5. The van der Waals surface area contributed by atoms with Gasteiger partial charge in [0.15, 0.2) is 6.61 Å². The van der Waals surface area contributed by atoms with Crippen molar-refractivity contribution in [3.63, 3.8) is 0 Å². The minimum atomic E-state index is -0.568. The molecule has 1 aliphatic rings. The van der Waals surface area contributed by atoms with Crippen molar-refractivity contribution in [2.24, 2.45) is 0 Å². The molecule has 0 bridgehead atoms. The van der Waals surface area contributed by atoms with E-state index in [2.05, 4.69) is 32.6 Å². The molecular formula is C28H23BrN4O3S. The Labute approximate surface area is 227 Å². The first kappa shape index (κ1) is 26.2. The molecule has 2 amide bonds. The van der Waals surface area contributed by atoms with Crippen LogP contribution >= 0.6 is 27.3 Å². The van der Waals surface area contributed by atoms with E-state index in [0.29, 0.717) is 32.0 Å². The van der Waals surface area contributed by atoms with Gasteiger partial charge in [-0.05, 0) is 90.0 Å². The van der Waals surface area contributed by atoms with Crippen molar-refractivity contribution in [1.29, 1.82) is 10.5 Å². The van der Waals surface area contributed by atoms with Gasteiger partial charge in [-0.1, -0.05) is 23.8 Å². The monoisotopic (exact) mass is 574 g/mol. The van der Waals surface area contributed by atoms with E-state index in [1.807, 2.05) is 37.3 Å². The molecular weight excluding hydrogens is 552 g/mol. The Morgan fingerprint density at radius 3 is 2.57 bits per heavy atom. The third kappa shape index (κ3) is 6.45. The van der Waals surface area contributed by atoms with E-state index in [-0.39, 0.29) is 18.1 Å². The van der Waals surface area contributed by atoms with Crippen molar-refractivity contribution in [3.05, 3.63) is 79.6 Å². The fraction of sp³-hybridized carbons (Fsp3) is 0.214. The van der Waals surface area contributed by atoms with Crippen molar-refractivity contribution in [3.8, 4) is 17.9 Å². The number of rotatable bonds is 7. The summed E-state index contributed by atoms with van der Waals surface area (Å²) in [5.74, 6) is -0.418. The number of aryl methyl sites for hydroxylation is 2. The number of hydrogen-bond donors (Lipinski definition) is 2. The van der Waals surface area contributed by atoms with E-state index in [4.69, 9.17) is 4.74 Å². The Morgan fingerprint density at radius 1 is 1.11 bits per heavy atom. The van der Waals surface area contributed by atoms with E-state index in [0.717, 1.165) is 41.7 Å². The molecule has 1 aromatic heterocycles. The minimum absolute atomic E-state index is 0.0895. The lowest BCUT2D eigenvalue weighted by Gasteiger charge is -2.10. The predicted octanol–water partition coefficient (Wildman–Crippen LogP) is 6.13. The predicted molar refractivity (Wildman–Crippen MR) is 147 cm³/mol. The normalized spacial score (nSPS) is 12.6. The van der Waals surface area contributed by atoms with Crippen LogP contribution in [0, 0.1) is 29.6 Å². The Bertz CT molecular complexity index is 1460. The number of fused-ring (bicyclic) bond motifs is 1. The standard InChI is InChI=1S/C28H23BrN4O3S/c1-17-6-9-20(10-7-17)32-26(34)16-36-24-11-8-18(13-23(24)29)12-19(14-30)27(35)33-28-22(15-31)21-4-2-3-5-25(21)37-28/h6-13H,2-5,16H2,1H3,(H,32,34)(H,33,35)/b19-12+. The fourth-order valence-corrected chi connectivity index (χ4v) is 5.70. The van der Waals surface area contributed by atoms with E-state index >= 15 is 0 Å². The molecule has 0 saturated heterocycles. The number of carbonyl (C=O) groups excluding carboxylic acids is 2. The Morgan fingerprint density at radius 2 is 1.86 bits per heavy atom.